The minimum absolute atomic E-state index is 0.0776. The highest BCUT2D eigenvalue weighted by atomic mass is 16.6. The van der Waals surface area contributed by atoms with Crippen LogP contribution in [0.2, 0.25) is 0 Å². The van der Waals surface area contributed by atoms with Crippen molar-refractivity contribution in [3.05, 3.63) is 48.6 Å². The summed E-state index contributed by atoms with van der Waals surface area (Å²) < 4.78 is 17.5. The molecule has 386 valence electrons. The van der Waals surface area contributed by atoms with Crippen LogP contribution < -0.4 is 0 Å². The van der Waals surface area contributed by atoms with Crippen molar-refractivity contribution in [2.24, 2.45) is 0 Å². The molecule has 0 heterocycles. The summed E-state index contributed by atoms with van der Waals surface area (Å²) in [6.45, 7) is 7.75. The molecule has 0 aromatic heterocycles. The van der Waals surface area contributed by atoms with Gasteiger partial charge in [0.2, 0.25) is 0 Å². The summed E-state index contributed by atoms with van der Waals surface area (Å²) in [4.78, 5) is 25.5. The van der Waals surface area contributed by atoms with Gasteiger partial charge in [0.05, 0.1) is 6.61 Å². The SMILES string of the molecule is CC/C=C\C/C=C\C/C=C\C/C=C\CCCCCCC(=O)OCC(COCCCCCCCCCCCCCCCCCCCCCC)OC(=O)CCCCCCCCCCCCCCC. The van der Waals surface area contributed by atoms with E-state index >= 15 is 0 Å². The topological polar surface area (TPSA) is 61.8 Å². The molecule has 0 spiro atoms. The quantitative estimate of drug-likeness (QED) is 0.0345. The predicted octanol–water partition coefficient (Wildman–Crippen LogP) is 19.9. The van der Waals surface area contributed by atoms with E-state index in [1.165, 1.54) is 193 Å². The summed E-state index contributed by atoms with van der Waals surface area (Å²) in [6.07, 6.45) is 71.4. The molecule has 0 aliphatic rings. The third-order valence-corrected chi connectivity index (χ3v) is 12.9. The molecule has 0 saturated carbocycles. The number of hydrogen-bond donors (Lipinski definition) is 0. The van der Waals surface area contributed by atoms with Crippen LogP contribution in [-0.4, -0.2) is 37.9 Å². The first-order valence-electron chi connectivity index (χ1n) is 29.2. The summed E-state index contributed by atoms with van der Waals surface area (Å²) in [7, 11) is 0. The molecule has 0 fully saturated rings. The fourth-order valence-corrected chi connectivity index (χ4v) is 8.56. The zero-order valence-corrected chi connectivity index (χ0v) is 44.5. The van der Waals surface area contributed by atoms with Crippen molar-refractivity contribution >= 4 is 11.9 Å². The number of rotatable bonds is 54. The Morgan fingerprint density at radius 3 is 1.09 bits per heavy atom. The lowest BCUT2D eigenvalue weighted by Gasteiger charge is -2.18. The zero-order valence-electron chi connectivity index (χ0n) is 44.5. The number of ether oxygens (including phenoxy) is 3. The van der Waals surface area contributed by atoms with Gasteiger partial charge in [-0.1, -0.05) is 281 Å². The van der Waals surface area contributed by atoms with Crippen molar-refractivity contribution in [3.8, 4) is 0 Å². The van der Waals surface area contributed by atoms with Crippen molar-refractivity contribution in [2.75, 3.05) is 19.8 Å². The van der Waals surface area contributed by atoms with Gasteiger partial charge in [0, 0.05) is 19.4 Å². The van der Waals surface area contributed by atoms with E-state index in [1.807, 2.05) is 0 Å². The van der Waals surface area contributed by atoms with Crippen LogP contribution in [0.4, 0.5) is 0 Å². The Labute approximate surface area is 412 Å². The second-order valence-corrected chi connectivity index (χ2v) is 19.5. The minimum Gasteiger partial charge on any atom is -0.462 e. The van der Waals surface area contributed by atoms with E-state index in [0.29, 0.717) is 19.4 Å². The molecule has 0 bridgehead atoms. The molecule has 0 aromatic carbocycles. The van der Waals surface area contributed by atoms with E-state index in [2.05, 4.69) is 69.4 Å². The maximum absolute atomic E-state index is 12.8. The van der Waals surface area contributed by atoms with Gasteiger partial charge in [0.1, 0.15) is 6.61 Å². The van der Waals surface area contributed by atoms with Gasteiger partial charge in [-0.2, -0.15) is 0 Å². The summed E-state index contributed by atoms with van der Waals surface area (Å²) in [5.74, 6) is -0.407. The number of hydrogen-bond acceptors (Lipinski definition) is 5. The lowest BCUT2D eigenvalue weighted by atomic mass is 10.0. The maximum Gasteiger partial charge on any atom is 0.306 e. The maximum atomic E-state index is 12.8. The molecule has 0 aromatic rings. The van der Waals surface area contributed by atoms with Crippen molar-refractivity contribution < 1.29 is 23.8 Å². The molecular formula is C61H112O5. The van der Waals surface area contributed by atoms with Crippen molar-refractivity contribution in [1.29, 1.82) is 0 Å². The van der Waals surface area contributed by atoms with Crippen LogP contribution in [-0.2, 0) is 23.8 Å². The van der Waals surface area contributed by atoms with Gasteiger partial charge in [0.25, 0.3) is 0 Å². The fourth-order valence-electron chi connectivity index (χ4n) is 8.56. The van der Waals surface area contributed by atoms with Crippen LogP contribution in [0.5, 0.6) is 0 Å². The first-order valence-corrected chi connectivity index (χ1v) is 29.2. The Bertz CT molecular complexity index is 1090. The van der Waals surface area contributed by atoms with Gasteiger partial charge < -0.3 is 14.2 Å². The average molecular weight is 926 g/mol. The van der Waals surface area contributed by atoms with E-state index in [1.54, 1.807) is 0 Å². The molecule has 5 nitrogen and oxygen atoms in total. The molecular weight excluding hydrogens is 813 g/mol. The van der Waals surface area contributed by atoms with Crippen molar-refractivity contribution in [2.45, 2.75) is 309 Å². The number of unbranched alkanes of at least 4 members (excludes halogenated alkanes) is 35. The highest BCUT2D eigenvalue weighted by Crippen LogP contribution is 2.17. The van der Waals surface area contributed by atoms with E-state index in [-0.39, 0.29) is 25.2 Å². The summed E-state index contributed by atoms with van der Waals surface area (Å²) in [5.41, 5.74) is 0. The minimum atomic E-state index is -0.542. The Morgan fingerprint density at radius 2 is 0.682 bits per heavy atom. The second-order valence-electron chi connectivity index (χ2n) is 19.5. The van der Waals surface area contributed by atoms with E-state index in [9.17, 15) is 9.59 Å². The monoisotopic (exact) mass is 925 g/mol. The molecule has 5 heteroatoms. The normalized spacial score (nSPS) is 12.5. The summed E-state index contributed by atoms with van der Waals surface area (Å²) >= 11 is 0. The Hall–Kier alpha value is -2.14. The summed E-state index contributed by atoms with van der Waals surface area (Å²) in [6, 6.07) is 0. The third-order valence-electron chi connectivity index (χ3n) is 12.9. The van der Waals surface area contributed by atoms with Gasteiger partial charge >= 0.3 is 11.9 Å². The average Bonchev–Trinajstić information content (AvgIpc) is 3.32. The first kappa shape index (κ1) is 63.9. The zero-order chi connectivity index (χ0) is 47.7. The largest absolute Gasteiger partial charge is 0.462 e. The molecule has 0 aliphatic carbocycles. The highest BCUT2D eigenvalue weighted by Gasteiger charge is 2.17. The first-order chi connectivity index (χ1) is 32.6. The Balaban J connectivity index is 4.23. The molecule has 1 unspecified atom stereocenters. The van der Waals surface area contributed by atoms with Gasteiger partial charge in [-0.05, 0) is 57.8 Å². The fraction of sp³-hybridized carbons (Fsp3) is 0.836. The molecule has 0 aliphatic heterocycles. The molecule has 1 atom stereocenters. The van der Waals surface area contributed by atoms with Crippen LogP contribution in [0.3, 0.4) is 0 Å². The Morgan fingerprint density at radius 1 is 0.348 bits per heavy atom. The number of esters is 2. The van der Waals surface area contributed by atoms with Gasteiger partial charge in [0.15, 0.2) is 6.10 Å². The van der Waals surface area contributed by atoms with Crippen LogP contribution in [0.25, 0.3) is 0 Å². The lowest BCUT2D eigenvalue weighted by molar-refractivity contribution is -0.163. The smallest absolute Gasteiger partial charge is 0.306 e. The van der Waals surface area contributed by atoms with Gasteiger partial charge in [-0.15, -0.1) is 0 Å². The van der Waals surface area contributed by atoms with Crippen molar-refractivity contribution in [1.82, 2.24) is 0 Å². The van der Waals surface area contributed by atoms with Gasteiger partial charge in [-0.25, -0.2) is 0 Å². The molecule has 0 N–H and O–H groups in total. The lowest BCUT2D eigenvalue weighted by Crippen LogP contribution is -2.30. The van der Waals surface area contributed by atoms with Crippen LogP contribution in [0.1, 0.15) is 303 Å². The number of carbonyl (C=O) groups excluding carboxylic acids is 2. The molecule has 0 amide bonds. The summed E-state index contributed by atoms with van der Waals surface area (Å²) in [5, 5.41) is 0. The molecule has 0 rings (SSSR count). The highest BCUT2D eigenvalue weighted by molar-refractivity contribution is 5.70. The van der Waals surface area contributed by atoms with E-state index in [4.69, 9.17) is 14.2 Å². The molecule has 0 radical (unpaired) electrons. The standard InChI is InChI=1S/C61H112O5/c1-4-7-10-13-16-19-22-25-27-29-30-31-33-35-38-41-44-47-50-53-56-64-57-59(66-61(63)55-52-49-46-43-40-36-24-21-18-15-12-9-6-3)58-65-60(62)54-51-48-45-42-39-37-34-32-28-26-23-20-17-14-11-8-5-2/h8,11,17,20,26,28,34,37,59H,4-7,9-10,12-16,18-19,21-25,27,29-33,35-36,38-58H2,1-3H3/b11-8-,20-17-,28-26-,37-34-. The van der Waals surface area contributed by atoms with Crippen LogP contribution >= 0.6 is 0 Å². The Kier molecular flexibility index (Phi) is 55.3. The number of allylic oxidation sites excluding steroid dienone is 8. The van der Waals surface area contributed by atoms with Crippen molar-refractivity contribution in [3.63, 3.8) is 0 Å². The van der Waals surface area contributed by atoms with Crippen LogP contribution in [0, 0.1) is 0 Å². The number of carbonyl (C=O) groups is 2. The second kappa shape index (κ2) is 57.2. The van der Waals surface area contributed by atoms with Crippen LogP contribution in [0.15, 0.2) is 48.6 Å². The molecule has 66 heavy (non-hydrogen) atoms. The molecule has 0 saturated heterocycles. The predicted molar refractivity (Wildman–Crippen MR) is 288 cm³/mol. The van der Waals surface area contributed by atoms with E-state index < -0.39 is 6.10 Å². The van der Waals surface area contributed by atoms with E-state index in [0.717, 1.165) is 77.0 Å². The third kappa shape index (κ3) is 54.5. The van der Waals surface area contributed by atoms with Gasteiger partial charge in [-0.3, -0.25) is 9.59 Å².